The third kappa shape index (κ3) is 6.45. The molecule has 6 nitrogen and oxygen atoms in total. The predicted molar refractivity (Wildman–Crippen MR) is 107 cm³/mol. The Balaban J connectivity index is 1.80. The molecular weight excluding hydrogens is 342 g/mol. The summed E-state index contributed by atoms with van der Waals surface area (Å²) in [5.41, 5.74) is 1.12. The number of hydrogen-bond acceptors (Lipinski definition) is 3. The normalized spacial score (nSPS) is 16.5. The fraction of sp³-hybridized carbons (Fsp3) is 0.619. The maximum Gasteiger partial charge on any atom is 0.318 e. The van der Waals surface area contributed by atoms with E-state index in [0.29, 0.717) is 25.6 Å². The molecule has 0 radical (unpaired) electrons. The van der Waals surface area contributed by atoms with Crippen molar-refractivity contribution in [2.75, 3.05) is 33.8 Å². The van der Waals surface area contributed by atoms with Gasteiger partial charge in [0.05, 0.1) is 6.61 Å². The van der Waals surface area contributed by atoms with Crippen LogP contribution in [0.25, 0.3) is 0 Å². The van der Waals surface area contributed by atoms with Gasteiger partial charge < -0.3 is 19.9 Å². The highest BCUT2D eigenvalue weighted by atomic mass is 16.5. The molecule has 1 heterocycles. The van der Waals surface area contributed by atoms with E-state index in [-0.39, 0.29) is 18.0 Å². The van der Waals surface area contributed by atoms with Crippen LogP contribution in [0.1, 0.15) is 38.7 Å². The zero-order valence-electron chi connectivity index (χ0n) is 17.0. The maximum atomic E-state index is 12.5. The van der Waals surface area contributed by atoms with Crippen LogP contribution in [0, 0.1) is 5.92 Å². The highest BCUT2D eigenvalue weighted by Gasteiger charge is 2.34. The third-order valence-corrected chi connectivity index (χ3v) is 4.79. The molecule has 3 amide bonds. The molecule has 150 valence electrons. The number of amides is 3. The van der Waals surface area contributed by atoms with Gasteiger partial charge >= 0.3 is 6.03 Å². The summed E-state index contributed by atoms with van der Waals surface area (Å²) in [6.07, 6.45) is 3.36. The first-order chi connectivity index (χ1) is 12.9. The van der Waals surface area contributed by atoms with Crippen molar-refractivity contribution in [3.8, 4) is 5.75 Å². The van der Waals surface area contributed by atoms with Gasteiger partial charge in [0.1, 0.15) is 11.8 Å². The van der Waals surface area contributed by atoms with E-state index in [2.05, 4.69) is 19.2 Å². The van der Waals surface area contributed by atoms with Crippen LogP contribution in [0.3, 0.4) is 0 Å². The summed E-state index contributed by atoms with van der Waals surface area (Å²) in [6.45, 7) is 6.25. The smallest absolute Gasteiger partial charge is 0.318 e. The van der Waals surface area contributed by atoms with Crippen LogP contribution in [-0.2, 0) is 11.2 Å². The molecule has 0 saturated carbocycles. The van der Waals surface area contributed by atoms with E-state index in [4.69, 9.17) is 4.74 Å². The van der Waals surface area contributed by atoms with E-state index in [1.165, 1.54) is 0 Å². The predicted octanol–water partition coefficient (Wildman–Crippen LogP) is 2.92. The summed E-state index contributed by atoms with van der Waals surface area (Å²) in [6, 6.07) is 7.52. The zero-order valence-corrected chi connectivity index (χ0v) is 17.0. The van der Waals surface area contributed by atoms with E-state index in [9.17, 15) is 9.59 Å². The lowest BCUT2D eigenvalue weighted by molar-refractivity contribution is -0.132. The van der Waals surface area contributed by atoms with Gasteiger partial charge in [-0.15, -0.1) is 0 Å². The van der Waals surface area contributed by atoms with Gasteiger partial charge in [0, 0.05) is 27.2 Å². The van der Waals surface area contributed by atoms with Gasteiger partial charge in [-0.1, -0.05) is 26.0 Å². The zero-order chi connectivity index (χ0) is 19.8. The monoisotopic (exact) mass is 375 g/mol. The Morgan fingerprint density at radius 1 is 1.33 bits per heavy atom. The molecule has 1 aliphatic rings. The number of likely N-dealkylation sites (N-methyl/N-ethyl adjacent to an activating group) is 1. The molecule has 0 aliphatic carbocycles. The lowest BCUT2D eigenvalue weighted by Crippen LogP contribution is -2.49. The molecule has 0 spiro atoms. The van der Waals surface area contributed by atoms with Crippen LogP contribution in [0.5, 0.6) is 5.75 Å². The molecule has 1 aromatic rings. The summed E-state index contributed by atoms with van der Waals surface area (Å²) in [5.74, 6) is 1.49. The average molecular weight is 376 g/mol. The van der Waals surface area contributed by atoms with Gasteiger partial charge in [-0.05, 0) is 49.3 Å². The van der Waals surface area contributed by atoms with Gasteiger partial charge in [-0.25, -0.2) is 4.79 Å². The minimum atomic E-state index is -0.335. The van der Waals surface area contributed by atoms with Crippen LogP contribution in [0.4, 0.5) is 4.79 Å². The van der Waals surface area contributed by atoms with E-state index in [1.54, 1.807) is 23.9 Å². The molecule has 1 fully saturated rings. The van der Waals surface area contributed by atoms with Crippen LogP contribution in [0.2, 0.25) is 0 Å². The number of ether oxygens (including phenoxy) is 1. The first kappa shape index (κ1) is 21.1. The van der Waals surface area contributed by atoms with E-state index < -0.39 is 0 Å². The standard InChI is InChI=1S/C21H33N3O3/c1-16(2)11-14-27-18-8-5-7-17(15-18)10-12-22-21(26)24-13-6-9-19(24)20(25)23(3)4/h5,7-8,15-16,19H,6,9-14H2,1-4H3,(H,22,26)/t19-/m0/s1. The van der Waals surface area contributed by atoms with Crippen molar-refractivity contribution in [3.63, 3.8) is 0 Å². The number of hydrogen-bond donors (Lipinski definition) is 1. The minimum Gasteiger partial charge on any atom is -0.494 e. The minimum absolute atomic E-state index is 0.00565. The third-order valence-electron chi connectivity index (χ3n) is 4.79. The number of carbonyl (C=O) groups excluding carboxylic acids is 2. The number of carbonyl (C=O) groups is 2. The molecule has 1 aromatic carbocycles. The van der Waals surface area contributed by atoms with Gasteiger partial charge in [-0.3, -0.25) is 4.79 Å². The van der Waals surface area contributed by atoms with E-state index >= 15 is 0 Å². The number of rotatable bonds is 8. The largest absolute Gasteiger partial charge is 0.494 e. The number of likely N-dealkylation sites (tertiary alicyclic amines) is 1. The van der Waals surface area contributed by atoms with Crippen molar-refractivity contribution >= 4 is 11.9 Å². The van der Waals surface area contributed by atoms with E-state index in [1.807, 2.05) is 24.3 Å². The molecular formula is C21H33N3O3. The van der Waals surface area contributed by atoms with Gasteiger partial charge in [-0.2, -0.15) is 0 Å². The second-order valence-corrected chi connectivity index (χ2v) is 7.74. The molecule has 0 bridgehead atoms. The lowest BCUT2D eigenvalue weighted by Gasteiger charge is -2.26. The Labute approximate surface area is 162 Å². The summed E-state index contributed by atoms with van der Waals surface area (Å²) >= 11 is 0. The lowest BCUT2D eigenvalue weighted by atomic mass is 10.1. The molecule has 1 N–H and O–H groups in total. The van der Waals surface area contributed by atoms with Crippen molar-refractivity contribution in [1.29, 1.82) is 0 Å². The van der Waals surface area contributed by atoms with Crippen LogP contribution in [-0.4, -0.2) is 61.6 Å². The quantitative estimate of drug-likeness (QED) is 0.760. The van der Waals surface area contributed by atoms with Crippen molar-refractivity contribution < 1.29 is 14.3 Å². The number of urea groups is 1. The van der Waals surface area contributed by atoms with Gasteiger partial charge in [0.15, 0.2) is 0 Å². The fourth-order valence-corrected chi connectivity index (χ4v) is 3.18. The van der Waals surface area contributed by atoms with E-state index in [0.717, 1.165) is 37.0 Å². The second-order valence-electron chi connectivity index (χ2n) is 7.74. The summed E-state index contributed by atoms with van der Waals surface area (Å²) in [7, 11) is 3.46. The van der Waals surface area contributed by atoms with Gasteiger partial charge in [0.25, 0.3) is 0 Å². The highest BCUT2D eigenvalue weighted by molar-refractivity contribution is 5.87. The summed E-state index contributed by atoms with van der Waals surface area (Å²) < 4.78 is 5.79. The van der Waals surface area contributed by atoms with Crippen LogP contribution in [0.15, 0.2) is 24.3 Å². The SMILES string of the molecule is CC(C)CCOc1cccc(CCNC(=O)N2CCC[C@H]2C(=O)N(C)C)c1. The van der Waals surface area contributed by atoms with Crippen molar-refractivity contribution in [2.24, 2.45) is 5.92 Å². The molecule has 0 unspecified atom stereocenters. The molecule has 6 heteroatoms. The van der Waals surface area contributed by atoms with Crippen molar-refractivity contribution in [1.82, 2.24) is 15.1 Å². The summed E-state index contributed by atoms with van der Waals surface area (Å²) in [5, 5.41) is 2.95. The molecule has 1 saturated heterocycles. The van der Waals surface area contributed by atoms with Crippen LogP contribution >= 0.6 is 0 Å². The van der Waals surface area contributed by atoms with Crippen LogP contribution < -0.4 is 10.1 Å². The van der Waals surface area contributed by atoms with Crippen molar-refractivity contribution in [3.05, 3.63) is 29.8 Å². The highest BCUT2D eigenvalue weighted by Crippen LogP contribution is 2.19. The second kappa shape index (κ2) is 10.2. The van der Waals surface area contributed by atoms with Gasteiger partial charge in [0.2, 0.25) is 5.91 Å². The Morgan fingerprint density at radius 2 is 2.11 bits per heavy atom. The van der Waals surface area contributed by atoms with Crippen molar-refractivity contribution in [2.45, 2.75) is 45.6 Å². The number of nitrogens with zero attached hydrogens (tertiary/aromatic N) is 2. The molecule has 27 heavy (non-hydrogen) atoms. The Kier molecular flexibility index (Phi) is 7.95. The molecule has 0 aromatic heterocycles. The first-order valence-electron chi connectivity index (χ1n) is 9.86. The Morgan fingerprint density at radius 3 is 2.81 bits per heavy atom. The number of benzene rings is 1. The topological polar surface area (TPSA) is 61.9 Å². The molecule has 2 rings (SSSR count). The Hall–Kier alpha value is -2.24. The molecule has 1 aliphatic heterocycles. The average Bonchev–Trinajstić information content (AvgIpc) is 3.10. The number of nitrogens with one attached hydrogen (secondary N) is 1. The summed E-state index contributed by atoms with van der Waals surface area (Å²) in [4.78, 5) is 27.9. The molecule has 1 atom stereocenters. The maximum absolute atomic E-state index is 12.5. The first-order valence-corrected chi connectivity index (χ1v) is 9.86. The fourth-order valence-electron chi connectivity index (χ4n) is 3.18. The Bertz CT molecular complexity index is 631.